The molecule has 0 bridgehead atoms. The van der Waals surface area contributed by atoms with Gasteiger partial charge in [0.25, 0.3) is 0 Å². The average molecular weight is 603 g/mol. The number of rotatable bonds is 11. The summed E-state index contributed by atoms with van der Waals surface area (Å²) in [7, 11) is -1.67. The zero-order chi connectivity index (χ0) is 31.5. The number of esters is 1. The number of hydrogen-bond donors (Lipinski definition) is 4. The number of carbonyl (C=O) groups is 3. The summed E-state index contributed by atoms with van der Waals surface area (Å²) in [6, 6.07) is 10.2. The molecule has 3 rings (SSSR count). The van der Waals surface area contributed by atoms with E-state index in [1.165, 1.54) is 31.2 Å². The molecule has 0 aromatic heterocycles. The fourth-order valence-corrected chi connectivity index (χ4v) is 7.35. The molecule has 2 aromatic carbocycles. The van der Waals surface area contributed by atoms with Crippen LogP contribution in [0.15, 0.2) is 47.4 Å². The number of likely N-dealkylation sites (tertiary alicyclic amines) is 1. The van der Waals surface area contributed by atoms with Crippen LogP contribution in [0.4, 0.5) is 0 Å². The van der Waals surface area contributed by atoms with Gasteiger partial charge in [-0.05, 0) is 55.0 Å². The van der Waals surface area contributed by atoms with E-state index in [1.807, 2.05) is 26.0 Å². The van der Waals surface area contributed by atoms with Gasteiger partial charge in [0.15, 0.2) is 5.96 Å². The molecule has 0 saturated carbocycles. The number of nitrogens with zero attached hydrogens (tertiary/aromatic N) is 2. The van der Waals surface area contributed by atoms with Crippen LogP contribution in [0, 0.1) is 16.7 Å². The number of primary amides is 1. The fraction of sp³-hybridized carbons (Fsp3) is 0.517. The maximum Gasteiger partial charge on any atom is 0.332 e. The van der Waals surface area contributed by atoms with Crippen molar-refractivity contribution in [1.29, 1.82) is 5.41 Å². The zero-order valence-corrected chi connectivity index (χ0v) is 25.7. The number of nitrogens with one attached hydrogen (secondary N) is 2. The van der Waals surface area contributed by atoms with Crippen molar-refractivity contribution in [2.45, 2.75) is 62.9 Å². The Hall–Kier alpha value is -3.71. The molecule has 2 aromatic rings. The molecule has 1 heterocycles. The van der Waals surface area contributed by atoms with Crippen molar-refractivity contribution in [3.8, 4) is 0 Å². The maximum absolute atomic E-state index is 14.1. The number of carbonyl (C=O) groups excluding carboxylic acids is 3. The van der Waals surface area contributed by atoms with Crippen molar-refractivity contribution in [2.24, 2.45) is 22.8 Å². The van der Waals surface area contributed by atoms with E-state index < -0.39 is 51.2 Å². The van der Waals surface area contributed by atoms with Crippen LogP contribution in [0.2, 0.25) is 0 Å². The first-order chi connectivity index (χ1) is 19.6. The average Bonchev–Trinajstić information content (AvgIpc) is 2.97. The molecule has 230 valence electrons. The number of fused-ring (bicyclic) bond motifs is 1. The van der Waals surface area contributed by atoms with Gasteiger partial charge >= 0.3 is 5.97 Å². The molecular formula is C29H42N6O6S. The molecule has 0 aliphatic carbocycles. The van der Waals surface area contributed by atoms with Gasteiger partial charge in [-0.15, -0.1) is 0 Å². The Morgan fingerprint density at radius 3 is 2.38 bits per heavy atom. The van der Waals surface area contributed by atoms with Crippen molar-refractivity contribution < 1.29 is 27.5 Å². The highest BCUT2D eigenvalue weighted by molar-refractivity contribution is 7.89. The van der Waals surface area contributed by atoms with Crippen LogP contribution >= 0.6 is 0 Å². The van der Waals surface area contributed by atoms with Crippen LogP contribution in [-0.4, -0.2) is 80.8 Å². The van der Waals surface area contributed by atoms with Crippen molar-refractivity contribution in [3.63, 3.8) is 0 Å². The Balaban J connectivity index is 2.03. The Labute approximate surface area is 247 Å². The number of ether oxygens (including phenoxy) is 1. The molecule has 1 fully saturated rings. The fourth-order valence-electron chi connectivity index (χ4n) is 6.12. The minimum Gasteiger partial charge on any atom is -0.467 e. The molecule has 0 radical (unpaired) electrons. The first-order valence-electron chi connectivity index (χ1n) is 13.9. The van der Waals surface area contributed by atoms with Gasteiger partial charge in [-0.2, -0.15) is 4.72 Å². The first-order valence-corrected chi connectivity index (χ1v) is 15.3. The van der Waals surface area contributed by atoms with Gasteiger partial charge in [0.05, 0.1) is 18.4 Å². The molecule has 1 saturated heterocycles. The van der Waals surface area contributed by atoms with E-state index in [0.717, 1.165) is 11.8 Å². The lowest BCUT2D eigenvalue weighted by molar-refractivity contribution is -0.175. The Bertz CT molecular complexity index is 1470. The summed E-state index contributed by atoms with van der Waals surface area (Å²) >= 11 is 0. The summed E-state index contributed by atoms with van der Waals surface area (Å²) in [4.78, 5) is 42.6. The number of methoxy groups -OCH3 is 1. The second-order valence-electron chi connectivity index (χ2n) is 11.3. The van der Waals surface area contributed by atoms with Gasteiger partial charge in [0.1, 0.15) is 11.6 Å². The van der Waals surface area contributed by atoms with Crippen molar-refractivity contribution >= 4 is 44.5 Å². The monoisotopic (exact) mass is 602 g/mol. The van der Waals surface area contributed by atoms with E-state index in [4.69, 9.17) is 21.6 Å². The molecule has 4 atom stereocenters. The molecule has 1 aliphatic rings. The maximum atomic E-state index is 14.1. The number of piperidine rings is 1. The summed E-state index contributed by atoms with van der Waals surface area (Å²) in [6.07, 6.45) is 1.25. The molecular weight excluding hydrogens is 560 g/mol. The highest BCUT2D eigenvalue weighted by Gasteiger charge is 2.59. The summed E-state index contributed by atoms with van der Waals surface area (Å²) in [5.41, 5.74) is 8.75. The Morgan fingerprint density at radius 2 is 1.81 bits per heavy atom. The topological polar surface area (TPSA) is 189 Å². The standard InChI is InChI=1S/C29H42N6O6S/c1-6-28(2,21-12-9-15-35(18-21)27(31)32)29(3,26(38)41-5)34(4)25(37)23(17-24(30)36)33-42(39,40)22-14-13-19-10-7-8-11-20(19)16-22/h7-8,10-11,13-14,16,21,23,33H,6,9,12,15,17-18H2,1-5H3,(H2,30,36)(H3,31,32)/t21-,23+,28+,29-/m1/s1. The smallest absolute Gasteiger partial charge is 0.332 e. The molecule has 6 N–H and O–H groups in total. The second kappa shape index (κ2) is 12.7. The second-order valence-corrected chi connectivity index (χ2v) is 13.0. The number of benzene rings is 2. The van der Waals surface area contributed by atoms with Gasteiger partial charge in [-0.3, -0.25) is 15.0 Å². The third-order valence-corrected chi connectivity index (χ3v) is 10.6. The summed E-state index contributed by atoms with van der Waals surface area (Å²) in [6.45, 7) is 6.37. The zero-order valence-electron chi connectivity index (χ0n) is 24.8. The Morgan fingerprint density at radius 1 is 1.17 bits per heavy atom. The molecule has 0 unspecified atom stereocenters. The first kappa shape index (κ1) is 32.8. The van der Waals surface area contributed by atoms with Crippen LogP contribution in [-0.2, 0) is 29.1 Å². The van der Waals surface area contributed by atoms with E-state index in [-0.39, 0.29) is 16.8 Å². The summed E-state index contributed by atoms with van der Waals surface area (Å²) in [5.74, 6) is -2.66. The van der Waals surface area contributed by atoms with Gasteiger partial charge in [0.2, 0.25) is 21.8 Å². The van der Waals surface area contributed by atoms with E-state index in [2.05, 4.69) is 4.72 Å². The minimum atomic E-state index is -4.29. The van der Waals surface area contributed by atoms with Crippen LogP contribution < -0.4 is 16.2 Å². The van der Waals surface area contributed by atoms with Crippen molar-refractivity contribution in [3.05, 3.63) is 42.5 Å². The molecule has 1 aliphatic heterocycles. The molecule has 2 amide bonds. The number of guanidine groups is 1. The van der Waals surface area contributed by atoms with E-state index in [9.17, 15) is 22.8 Å². The van der Waals surface area contributed by atoms with E-state index >= 15 is 0 Å². The lowest BCUT2D eigenvalue weighted by Crippen LogP contribution is -2.68. The SMILES string of the molecule is CC[C@@](C)([C@@H]1CCCN(C(=N)N)C1)[C@@](C)(C(=O)OC)N(C)C(=O)[C@H](CC(N)=O)NS(=O)(=O)c1ccc2ccccc2c1. The van der Waals surface area contributed by atoms with E-state index in [0.29, 0.717) is 31.3 Å². The van der Waals surface area contributed by atoms with Gasteiger partial charge in [-0.25, -0.2) is 13.2 Å². The van der Waals surface area contributed by atoms with Gasteiger partial charge in [0, 0.05) is 25.6 Å². The highest BCUT2D eigenvalue weighted by atomic mass is 32.2. The van der Waals surface area contributed by atoms with Crippen LogP contribution in [0.3, 0.4) is 0 Å². The molecule has 13 heteroatoms. The number of likely N-dealkylation sites (N-methyl/N-ethyl adjacent to an activating group) is 1. The molecule has 12 nitrogen and oxygen atoms in total. The lowest BCUT2D eigenvalue weighted by Gasteiger charge is -2.55. The predicted octanol–water partition coefficient (Wildman–Crippen LogP) is 1.77. The van der Waals surface area contributed by atoms with Crippen molar-refractivity contribution in [2.75, 3.05) is 27.2 Å². The highest BCUT2D eigenvalue weighted by Crippen LogP contribution is 2.49. The van der Waals surface area contributed by atoms with E-state index in [1.54, 1.807) is 30.0 Å². The van der Waals surface area contributed by atoms with Crippen LogP contribution in [0.25, 0.3) is 10.8 Å². The van der Waals surface area contributed by atoms with Gasteiger partial charge < -0.3 is 26.0 Å². The van der Waals surface area contributed by atoms with Gasteiger partial charge in [-0.1, -0.05) is 44.2 Å². The Kier molecular flexibility index (Phi) is 9.88. The third kappa shape index (κ3) is 6.21. The normalized spacial score (nSPS) is 19.3. The number of sulfonamides is 1. The van der Waals surface area contributed by atoms with Crippen molar-refractivity contribution in [1.82, 2.24) is 14.5 Å². The number of amides is 2. The van der Waals surface area contributed by atoms with Crippen LogP contribution in [0.5, 0.6) is 0 Å². The largest absolute Gasteiger partial charge is 0.467 e. The quantitative estimate of drug-likeness (QED) is 0.170. The molecule has 42 heavy (non-hydrogen) atoms. The van der Waals surface area contributed by atoms with Crippen LogP contribution in [0.1, 0.15) is 46.5 Å². The number of nitrogens with two attached hydrogens (primary N) is 2. The minimum absolute atomic E-state index is 0.0769. The summed E-state index contributed by atoms with van der Waals surface area (Å²) in [5, 5.41) is 9.44. The molecule has 0 spiro atoms. The summed E-state index contributed by atoms with van der Waals surface area (Å²) < 4.78 is 34.5. The lowest BCUT2D eigenvalue weighted by atomic mass is 9.59. The predicted molar refractivity (Wildman–Crippen MR) is 160 cm³/mol. The third-order valence-electron chi connectivity index (χ3n) is 9.13. The number of hydrogen-bond acceptors (Lipinski definition) is 7.